The maximum atomic E-state index is 10.8. The third-order valence-electron chi connectivity index (χ3n) is 5.79. The summed E-state index contributed by atoms with van der Waals surface area (Å²) >= 11 is 0. The summed E-state index contributed by atoms with van der Waals surface area (Å²) in [6, 6.07) is 10.8. The molecule has 3 rings (SSSR count). The molecule has 4 nitrogen and oxygen atoms in total. The maximum absolute atomic E-state index is 10.8. The van der Waals surface area contributed by atoms with Crippen LogP contribution in [0.1, 0.15) is 63.3 Å². The molecule has 1 aliphatic rings. The smallest absolute Gasteiger partial charge is 0.125 e. The number of phenols is 1. The number of aromatic hydroxyl groups is 1. The van der Waals surface area contributed by atoms with Gasteiger partial charge in [-0.1, -0.05) is 33.8 Å². The van der Waals surface area contributed by atoms with Crippen molar-refractivity contribution in [2.45, 2.75) is 57.5 Å². The Bertz CT molecular complexity index is 823. The van der Waals surface area contributed by atoms with Gasteiger partial charge in [-0.2, -0.15) is 0 Å². The van der Waals surface area contributed by atoms with Gasteiger partial charge in [0, 0.05) is 11.6 Å². The first-order valence-electron chi connectivity index (χ1n) is 9.47. The first-order chi connectivity index (χ1) is 12.6. The highest BCUT2D eigenvalue weighted by Crippen LogP contribution is 2.48. The summed E-state index contributed by atoms with van der Waals surface area (Å²) in [5.41, 5.74) is 3.44. The van der Waals surface area contributed by atoms with E-state index < -0.39 is 6.10 Å². The standard InChI is InChI=1S/C23H30O4/c1-22(2)9-10-23(3,4)19-13-21(26-5)17(12-18(19)22)20(25)14-27-16-8-6-7-15(24)11-16/h6-8,11-13,20,24-25H,9-10,14H2,1-5H3. The molecule has 1 atom stereocenters. The lowest BCUT2D eigenvalue weighted by Crippen LogP contribution is -2.34. The third kappa shape index (κ3) is 3.91. The van der Waals surface area contributed by atoms with Crippen LogP contribution in [-0.2, 0) is 10.8 Å². The van der Waals surface area contributed by atoms with Crippen LogP contribution in [0.5, 0.6) is 17.2 Å². The Kier molecular flexibility index (Phi) is 5.13. The van der Waals surface area contributed by atoms with Crippen LogP contribution < -0.4 is 9.47 Å². The molecule has 0 radical (unpaired) electrons. The van der Waals surface area contributed by atoms with Crippen molar-refractivity contribution in [3.8, 4) is 17.2 Å². The Balaban J connectivity index is 1.93. The maximum Gasteiger partial charge on any atom is 0.125 e. The Morgan fingerprint density at radius 1 is 1.00 bits per heavy atom. The van der Waals surface area contributed by atoms with Crippen molar-refractivity contribution in [3.05, 3.63) is 53.1 Å². The highest BCUT2D eigenvalue weighted by molar-refractivity contribution is 5.51. The summed E-state index contributed by atoms with van der Waals surface area (Å²) in [7, 11) is 1.63. The molecule has 146 valence electrons. The summed E-state index contributed by atoms with van der Waals surface area (Å²) in [5, 5.41) is 20.4. The molecule has 0 aliphatic heterocycles. The van der Waals surface area contributed by atoms with E-state index in [1.54, 1.807) is 25.3 Å². The lowest BCUT2D eigenvalue weighted by Gasteiger charge is -2.42. The molecule has 27 heavy (non-hydrogen) atoms. The lowest BCUT2D eigenvalue weighted by atomic mass is 9.63. The van der Waals surface area contributed by atoms with Crippen LogP contribution in [0, 0.1) is 0 Å². The number of aliphatic hydroxyl groups excluding tert-OH is 1. The highest BCUT2D eigenvalue weighted by atomic mass is 16.5. The molecule has 0 fully saturated rings. The molecule has 0 amide bonds. The van der Waals surface area contributed by atoms with E-state index in [1.807, 2.05) is 0 Å². The van der Waals surface area contributed by atoms with E-state index in [2.05, 4.69) is 39.8 Å². The number of hydrogen-bond acceptors (Lipinski definition) is 4. The van der Waals surface area contributed by atoms with Gasteiger partial charge in [0.2, 0.25) is 0 Å². The van der Waals surface area contributed by atoms with Crippen LogP contribution in [-0.4, -0.2) is 23.9 Å². The molecule has 0 spiro atoms. The molecule has 4 heteroatoms. The molecule has 0 bridgehead atoms. The monoisotopic (exact) mass is 370 g/mol. The summed E-state index contributed by atoms with van der Waals surface area (Å²) in [4.78, 5) is 0. The zero-order chi connectivity index (χ0) is 19.8. The minimum absolute atomic E-state index is 0.0532. The Morgan fingerprint density at radius 2 is 1.63 bits per heavy atom. The van der Waals surface area contributed by atoms with Crippen LogP contribution in [0.4, 0.5) is 0 Å². The molecule has 2 N–H and O–H groups in total. The second-order valence-corrected chi connectivity index (χ2v) is 8.73. The molecule has 0 heterocycles. The normalized spacial score (nSPS) is 18.4. The van der Waals surface area contributed by atoms with Gasteiger partial charge in [-0.25, -0.2) is 0 Å². The topological polar surface area (TPSA) is 58.9 Å². The second-order valence-electron chi connectivity index (χ2n) is 8.73. The van der Waals surface area contributed by atoms with Gasteiger partial charge in [-0.15, -0.1) is 0 Å². The summed E-state index contributed by atoms with van der Waals surface area (Å²) in [6.45, 7) is 9.13. The molecular formula is C23H30O4. The predicted octanol–water partition coefficient (Wildman–Crippen LogP) is 4.86. The van der Waals surface area contributed by atoms with Gasteiger partial charge >= 0.3 is 0 Å². The van der Waals surface area contributed by atoms with E-state index in [0.717, 1.165) is 18.4 Å². The number of fused-ring (bicyclic) bond motifs is 1. The van der Waals surface area contributed by atoms with Gasteiger partial charge in [0.1, 0.15) is 30.0 Å². The van der Waals surface area contributed by atoms with Crippen molar-refractivity contribution < 1.29 is 19.7 Å². The molecule has 1 aliphatic carbocycles. The van der Waals surface area contributed by atoms with Crippen molar-refractivity contribution in [2.24, 2.45) is 0 Å². The number of benzene rings is 2. The van der Waals surface area contributed by atoms with E-state index in [4.69, 9.17) is 9.47 Å². The Labute approximate surface area is 161 Å². The third-order valence-corrected chi connectivity index (χ3v) is 5.79. The molecule has 1 unspecified atom stereocenters. The average Bonchev–Trinajstić information content (AvgIpc) is 2.62. The van der Waals surface area contributed by atoms with Crippen LogP contribution in [0.2, 0.25) is 0 Å². The second kappa shape index (κ2) is 7.08. The van der Waals surface area contributed by atoms with Crippen molar-refractivity contribution >= 4 is 0 Å². The first kappa shape index (κ1) is 19.6. The molecule has 2 aromatic carbocycles. The fourth-order valence-corrected chi connectivity index (χ4v) is 3.89. The number of aliphatic hydroxyl groups is 1. The quantitative estimate of drug-likeness (QED) is 0.789. The van der Waals surface area contributed by atoms with Gasteiger partial charge in [0.15, 0.2) is 0 Å². The van der Waals surface area contributed by atoms with Gasteiger partial charge in [0.25, 0.3) is 0 Å². The Hall–Kier alpha value is -2.20. The van der Waals surface area contributed by atoms with E-state index in [9.17, 15) is 10.2 Å². The fourth-order valence-electron chi connectivity index (χ4n) is 3.89. The molecular weight excluding hydrogens is 340 g/mol. The van der Waals surface area contributed by atoms with Crippen molar-refractivity contribution in [3.63, 3.8) is 0 Å². The number of methoxy groups -OCH3 is 1. The minimum Gasteiger partial charge on any atom is -0.508 e. The zero-order valence-electron chi connectivity index (χ0n) is 16.9. The van der Waals surface area contributed by atoms with Gasteiger partial charge in [-0.05, 0) is 59.1 Å². The lowest BCUT2D eigenvalue weighted by molar-refractivity contribution is 0.105. The SMILES string of the molecule is COc1cc2c(cc1C(O)COc1cccc(O)c1)C(C)(C)CCC2(C)C. The number of ether oxygens (including phenoxy) is 2. The molecule has 0 aromatic heterocycles. The predicted molar refractivity (Wildman–Crippen MR) is 107 cm³/mol. The van der Waals surface area contributed by atoms with E-state index in [-0.39, 0.29) is 23.2 Å². The average molecular weight is 370 g/mol. The number of phenolic OH excluding ortho intramolecular Hbond substituents is 1. The minimum atomic E-state index is -0.826. The van der Waals surface area contributed by atoms with Crippen LogP contribution >= 0.6 is 0 Å². The van der Waals surface area contributed by atoms with Crippen LogP contribution in [0.25, 0.3) is 0 Å². The van der Waals surface area contributed by atoms with Crippen LogP contribution in [0.3, 0.4) is 0 Å². The van der Waals surface area contributed by atoms with Gasteiger partial charge in [0.05, 0.1) is 7.11 Å². The van der Waals surface area contributed by atoms with E-state index >= 15 is 0 Å². The summed E-state index contributed by atoms with van der Waals surface area (Å²) in [6.07, 6.45) is 1.40. The van der Waals surface area contributed by atoms with Gasteiger partial charge < -0.3 is 19.7 Å². The highest BCUT2D eigenvalue weighted by Gasteiger charge is 2.38. The first-order valence-corrected chi connectivity index (χ1v) is 9.47. The summed E-state index contributed by atoms with van der Waals surface area (Å²) < 4.78 is 11.3. The van der Waals surface area contributed by atoms with E-state index in [0.29, 0.717) is 11.5 Å². The number of hydrogen-bond donors (Lipinski definition) is 2. The van der Waals surface area contributed by atoms with Crippen molar-refractivity contribution in [2.75, 3.05) is 13.7 Å². The zero-order valence-corrected chi connectivity index (χ0v) is 16.9. The van der Waals surface area contributed by atoms with E-state index in [1.165, 1.54) is 17.2 Å². The molecule has 2 aromatic rings. The van der Waals surface area contributed by atoms with Gasteiger partial charge in [-0.3, -0.25) is 0 Å². The summed E-state index contributed by atoms with van der Waals surface area (Å²) in [5.74, 6) is 1.34. The van der Waals surface area contributed by atoms with Crippen molar-refractivity contribution in [1.29, 1.82) is 0 Å². The molecule has 0 saturated carbocycles. The van der Waals surface area contributed by atoms with Crippen LogP contribution in [0.15, 0.2) is 36.4 Å². The molecule has 0 saturated heterocycles. The van der Waals surface area contributed by atoms with Crippen molar-refractivity contribution in [1.82, 2.24) is 0 Å². The number of rotatable bonds is 5. The fraction of sp³-hybridized carbons (Fsp3) is 0.478. The Morgan fingerprint density at radius 3 is 2.22 bits per heavy atom. The largest absolute Gasteiger partial charge is 0.508 e.